The average Bonchev–Trinajstić information content (AvgIpc) is 2.73. The van der Waals surface area contributed by atoms with Crippen molar-refractivity contribution in [2.75, 3.05) is 26.3 Å². The average molecular weight is 404 g/mol. The van der Waals surface area contributed by atoms with E-state index in [4.69, 9.17) is 9.47 Å². The first-order valence-corrected chi connectivity index (χ1v) is 10.8. The summed E-state index contributed by atoms with van der Waals surface area (Å²) in [7, 11) is -3.57. The summed E-state index contributed by atoms with van der Waals surface area (Å²) < 4.78 is 37.1. The molecule has 1 aliphatic heterocycles. The Kier molecular flexibility index (Phi) is 6.49. The molecular formula is C21H25NO5S. The van der Waals surface area contributed by atoms with Crippen LogP contribution in [0.2, 0.25) is 0 Å². The third-order valence-electron chi connectivity index (χ3n) is 4.71. The van der Waals surface area contributed by atoms with E-state index < -0.39 is 16.0 Å². The minimum atomic E-state index is -3.57. The van der Waals surface area contributed by atoms with E-state index in [1.165, 1.54) is 34.1 Å². The van der Waals surface area contributed by atoms with E-state index >= 15 is 0 Å². The van der Waals surface area contributed by atoms with Crippen molar-refractivity contribution in [3.63, 3.8) is 0 Å². The molecule has 0 radical (unpaired) electrons. The maximum absolute atomic E-state index is 12.6. The van der Waals surface area contributed by atoms with Crippen LogP contribution in [0.3, 0.4) is 0 Å². The molecule has 150 valence electrons. The Morgan fingerprint density at radius 3 is 2.21 bits per heavy atom. The molecule has 1 heterocycles. The molecule has 0 unspecified atom stereocenters. The Bertz CT molecular complexity index is 899. The van der Waals surface area contributed by atoms with E-state index in [1.807, 2.05) is 24.3 Å². The van der Waals surface area contributed by atoms with Crippen molar-refractivity contribution in [1.82, 2.24) is 4.31 Å². The fourth-order valence-corrected chi connectivity index (χ4v) is 4.34. The van der Waals surface area contributed by atoms with E-state index in [1.54, 1.807) is 0 Å². The molecule has 1 saturated heterocycles. The van der Waals surface area contributed by atoms with Gasteiger partial charge in [-0.25, -0.2) is 13.2 Å². The highest BCUT2D eigenvalue weighted by Crippen LogP contribution is 2.19. The zero-order chi connectivity index (χ0) is 20.1. The maximum Gasteiger partial charge on any atom is 0.338 e. The molecule has 2 aromatic rings. The Hall–Kier alpha value is -2.22. The highest BCUT2D eigenvalue weighted by atomic mass is 32.2. The molecule has 0 bridgehead atoms. The third-order valence-corrected chi connectivity index (χ3v) is 6.63. The Morgan fingerprint density at radius 1 is 1.04 bits per heavy atom. The highest BCUT2D eigenvalue weighted by molar-refractivity contribution is 7.89. The SMILES string of the molecule is CC(C)c1ccc(COC(=O)c2ccc(S(=O)(=O)N3CCOCC3)cc2)cc1. The van der Waals surface area contributed by atoms with Crippen LogP contribution in [0.15, 0.2) is 53.4 Å². The van der Waals surface area contributed by atoms with E-state index in [2.05, 4.69) is 13.8 Å². The number of carbonyl (C=O) groups is 1. The molecular weight excluding hydrogens is 378 g/mol. The largest absolute Gasteiger partial charge is 0.457 e. The van der Waals surface area contributed by atoms with Gasteiger partial charge in [-0.15, -0.1) is 0 Å². The number of ether oxygens (including phenoxy) is 2. The second-order valence-corrected chi connectivity index (χ2v) is 8.95. The van der Waals surface area contributed by atoms with E-state index in [0.717, 1.165) is 5.56 Å². The first kappa shape index (κ1) is 20.5. The summed E-state index contributed by atoms with van der Waals surface area (Å²) in [5, 5.41) is 0. The van der Waals surface area contributed by atoms with E-state index in [0.29, 0.717) is 37.8 Å². The lowest BCUT2D eigenvalue weighted by atomic mass is 10.0. The minimum absolute atomic E-state index is 0.162. The van der Waals surface area contributed by atoms with Gasteiger partial charge in [0.25, 0.3) is 0 Å². The predicted molar refractivity (Wildman–Crippen MR) is 106 cm³/mol. The molecule has 0 N–H and O–H groups in total. The molecule has 0 saturated carbocycles. The smallest absolute Gasteiger partial charge is 0.338 e. The van der Waals surface area contributed by atoms with Gasteiger partial charge in [-0.05, 0) is 41.3 Å². The topological polar surface area (TPSA) is 72.9 Å². The van der Waals surface area contributed by atoms with Gasteiger partial charge in [0.1, 0.15) is 6.61 Å². The fourth-order valence-electron chi connectivity index (χ4n) is 2.93. The van der Waals surface area contributed by atoms with Gasteiger partial charge >= 0.3 is 5.97 Å². The molecule has 7 heteroatoms. The summed E-state index contributed by atoms with van der Waals surface area (Å²) in [6.07, 6.45) is 0. The van der Waals surface area contributed by atoms with Crippen molar-refractivity contribution < 1.29 is 22.7 Å². The van der Waals surface area contributed by atoms with Crippen LogP contribution in [-0.2, 0) is 26.1 Å². The predicted octanol–water partition coefficient (Wildman–Crippen LogP) is 3.19. The molecule has 2 aromatic carbocycles. The third kappa shape index (κ3) is 4.79. The van der Waals surface area contributed by atoms with Crippen molar-refractivity contribution >= 4 is 16.0 Å². The van der Waals surface area contributed by atoms with Gasteiger partial charge in [0.15, 0.2) is 0 Å². The summed E-state index contributed by atoms with van der Waals surface area (Å²) in [6.45, 7) is 5.87. The first-order valence-electron chi connectivity index (χ1n) is 9.32. The van der Waals surface area contributed by atoms with Gasteiger partial charge in [-0.2, -0.15) is 4.31 Å². The van der Waals surface area contributed by atoms with Gasteiger partial charge in [0.05, 0.1) is 23.7 Å². The Morgan fingerprint density at radius 2 is 1.64 bits per heavy atom. The molecule has 3 rings (SSSR count). The number of benzene rings is 2. The molecule has 0 aromatic heterocycles. The normalized spacial score (nSPS) is 15.5. The monoisotopic (exact) mass is 403 g/mol. The lowest BCUT2D eigenvalue weighted by molar-refractivity contribution is 0.0472. The van der Waals surface area contributed by atoms with Gasteiger partial charge in [-0.3, -0.25) is 0 Å². The van der Waals surface area contributed by atoms with E-state index in [-0.39, 0.29) is 11.5 Å². The summed E-state index contributed by atoms with van der Waals surface area (Å²) in [5.41, 5.74) is 2.45. The zero-order valence-electron chi connectivity index (χ0n) is 16.1. The first-order chi connectivity index (χ1) is 13.4. The summed E-state index contributed by atoms with van der Waals surface area (Å²) >= 11 is 0. The van der Waals surface area contributed by atoms with Crippen molar-refractivity contribution in [2.45, 2.75) is 31.3 Å². The van der Waals surface area contributed by atoms with Crippen molar-refractivity contribution in [3.8, 4) is 0 Å². The highest BCUT2D eigenvalue weighted by Gasteiger charge is 2.26. The number of morpholine rings is 1. The maximum atomic E-state index is 12.6. The van der Waals surface area contributed by atoms with Crippen LogP contribution in [0.5, 0.6) is 0 Å². The summed E-state index contributed by atoms with van der Waals surface area (Å²) in [4.78, 5) is 12.4. The number of hydrogen-bond acceptors (Lipinski definition) is 5. The van der Waals surface area contributed by atoms with Crippen LogP contribution in [-0.4, -0.2) is 45.0 Å². The lowest BCUT2D eigenvalue weighted by Crippen LogP contribution is -2.40. The molecule has 0 aliphatic carbocycles. The number of hydrogen-bond donors (Lipinski definition) is 0. The molecule has 1 aliphatic rings. The Labute approximate surface area is 166 Å². The quantitative estimate of drug-likeness (QED) is 0.693. The molecule has 1 fully saturated rings. The lowest BCUT2D eigenvalue weighted by Gasteiger charge is -2.26. The number of sulfonamides is 1. The number of rotatable bonds is 6. The molecule has 0 atom stereocenters. The van der Waals surface area contributed by atoms with Crippen molar-refractivity contribution in [2.24, 2.45) is 0 Å². The van der Waals surface area contributed by atoms with Gasteiger partial charge in [0.2, 0.25) is 10.0 Å². The molecule has 0 amide bonds. The molecule has 6 nitrogen and oxygen atoms in total. The van der Waals surface area contributed by atoms with Crippen LogP contribution < -0.4 is 0 Å². The van der Waals surface area contributed by atoms with Crippen LogP contribution >= 0.6 is 0 Å². The zero-order valence-corrected chi connectivity index (χ0v) is 16.9. The minimum Gasteiger partial charge on any atom is -0.457 e. The van der Waals surface area contributed by atoms with Crippen LogP contribution in [0.25, 0.3) is 0 Å². The summed E-state index contributed by atoms with van der Waals surface area (Å²) in [6, 6.07) is 13.8. The standard InChI is InChI=1S/C21H25NO5S/c1-16(2)18-5-3-17(4-6-18)15-27-21(23)19-7-9-20(10-8-19)28(24,25)22-11-13-26-14-12-22/h3-10,16H,11-15H2,1-2H3. The number of nitrogens with zero attached hydrogens (tertiary/aromatic N) is 1. The van der Waals surface area contributed by atoms with Gasteiger partial charge in [0, 0.05) is 13.1 Å². The summed E-state index contributed by atoms with van der Waals surface area (Å²) in [5.74, 6) is -0.0351. The van der Waals surface area contributed by atoms with Gasteiger partial charge in [-0.1, -0.05) is 38.1 Å². The number of carbonyl (C=O) groups excluding carboxylic acids is 1. The van der Waals surface area contributed by atoms with E-state index in [9.17, 15) is 13.2 Å². The number of esters is 1. The molecule has 0 spiro atoms. The second-order valence-electron chi connectivity index (χ2n) is 7.01. The van der Waals surface area contributed by atoms with Crippen LogP contribution in [0.1, 0.15) is 41.3 Å². The van der Waals surface area contributed by atoms with Crippen LogP contribution in [0.4, 0.5) is 0 Å². The Balaban J connectivity index is 1.61. The van der Waals surface area contributed by atoms with Crippen molar-refractivity contribution in [3.05, 3.63) is 65.2 Å². The second kappa shape index (κ2) is 8.86. The van der Waals surface area contributed by atoms with Gasteiger partial charge < -0.3 is 9.47 Å². The van der Waals surface area contributed by atoms with Crippen molar-refractivity contribution in [1.29, 1.82) is 0 Å². The fraction of sp³-hybridized carbons (Fsp3) is 0.381. The molecule has 28 heavy (non-hydrogen) atoms. The van der Waals surface area contributed by atoms with Crippen LogP contribution in [0, 0.1) is 0 Å².